The molecule has 1 aliphatic rings. The van der Waals surface area contributed by atoms with E-state index in [0.717, 1.165) is 5.39 Å². The summed E-state index contributed by atoms with van der Waals surface area (Å²) in [7, 11) is 0. The summed E-state index contributed by atoms with van der Waals surface area (Å²) in [6.07, 6.45) is 0.503. The second kappa shape index (κ2) is 4.69. The molecule has 0 unspecified atom stereocenters. The highest BCUT2D eigenvalue weighted by Gasteiger charge is 2.26. The fraction of sp³-hybridized carbons (Fsp3) is 0.250. The van der Waals surface area contributed by atoms with Crippen LogP contribution in [0.25, 0.3) is 10.9 Å². The molecule has 0 atom stereocenters. The number of aromatic nitrogens is 3. The Morgan fingerprint density at radius 3 is 3.05 bits per heavy atom. The SMILES string of the molecule is O=C(NCCCO)C1=Nc2cccc3nnnc1c23. The average Bonchev–Trinajstić information content (AvgIpc) is 2.81. The van der Waals surface area contributed by atoms with Crippen molar-refractivity contribution >= 4 is 28.2 Å². The van der Waals surface area contributed by atoms with Gasteiger partial charge in [0.1, 0.15) is 5.69 Å². The van der Waals surface area contributed by atoms with Crippen LogP contribution in [0.3, 0.4) is 0 Å². The number of nitrogens with one attached hydrogen (secondary N) is 1. The van der Waals surface area contributed by atoms with E-state index in [1.165, 1.54) is 0 Å². The summed E-state index contributed by atoms with van der Waals surface area (Å²) in [5.41, 5.74) is 2.06. The number of aliphatic imine (C=N–C) groups is 1. The first-order valence-corrected chi connectivity index (χ1v) is 5.91. The summed E-state index contributed by atoms with van der Waals surface area (Å²) >= 11 is 0. The Morgan fingerprint density at radius 2 is 2.21 bits per heavy atom. The van der Waals surface area contributed by atoms with Gasteiger partial charge in [-0.05, 0) is 23.8 Å². The van der Waals surface area contributed by atoms with Gasteiger partial charge < -0.3 is 10.4 Å². The summed E-state index contributed by atoms with van der Waals surface area (Å²) in [6, 6.07) is 5.43. The molecule has 0 saturated carbocycles. The number of rotatable bonds is 4. The van der Waals surface area contributed by atoms with Crippen molar-refractivity contribution in [2.24, 2.45) is 4.99 Å². The number of aliphatic hydroxyl groups is 1. The lowest BCUT2D eigenvalue weighted by molar-refractivity contribution is -0.114. The van der Waals surface area contributed by atoms with Crippen LogP contribution in [0.4, 0.5) is 5.69 Å². The summed E-state index contributed by atoms with van der Waals surface area (Å²) in [5, 5.41) is 23.6. The first-order valence-electron chi connectivity index (χ1n) is 5.91. The lowest BCUT2D eigenvalue weighted by Gasteiger charge is -2.03. The third-order valence-corrected chi connectivity index (χ3v) is 2.85. The van der Waals surface area contributed by atoms with E-state index < -0.39 is 0 Å². The Labute approximate surface area is 108 Å². The van der Waals surface area contributed by atoms with E-state index in [4.69, 9.17) is 5.11 Å². The third kappa shape index (κ3) is 1.93. The second-order valence-corrected chi connectivity index (χ2v) is 4.10. The summed E-state index contributed by atoms with van der Waals surface area (Å²) in [4.78, 5) is 16.3. The first-order chi connectivity index (χ1) is 9.31. The van der Waals surface area contributed by atoms with Crippen LogP contribution in [-0.4, -0.2) is 45.3 Å². The van der Waals surface area contributed by atoms with E-state index in [-0.39, 0.29) is 18.2 Å². The van der Waals surface area contributed by atoms with Crippen LogP contribution in [0.15, 0.2) is 23.2 Å². The van der Waals surface area contributed by atoms with E-state index in [0.29, 0.717) is 29.9 Å². The van der Waals surface area contributed by atoms with E-state index in [1.807, 2.05) is 12.1 Å². The van der Waals surface area contributed by atoms with Crippen molar-refractivity contribution in [1.29, 1.82) is 0 Å². The topological polar surface area (TPSA) is 100 Å². The lowest BCUT2D eigenvalue weighted by atomic mass is 10.1. The Morgan fingerprint density at radius 1 is 1.32 bits per heavy atom. The van der Waals surface area contributed by atoms with E-state index in [2.05, 4.69) is 25.7 Å². The molecule has 1 amide bonds. The van der Waals surface area contributed by atoms with Crippen molar-refractivity contribution < 1.29 is 9.90 Å². The largest absolute Gasteiger partial charge is 0.396 e. The molecule has 0 spiro atoms. The molecule has 2 aromatic rings. The smallest absolute Gasteiger partial charge is 0.272 e. The summed E-state index contributed by atoms with van der Waals surface area (Å²) in [6.45, 7) is 0.429. The highest BCUT2D eigenvalue weighted by molar-refractivity contribution is 6.49. The van der Waals surface area contributed by atoms with Gasteiger partial charge in [0.2, 0.25) is 0 Å². The van der Waals surface area contributed by atoms with Gasteiger partial charge in [0.15, 0.2) is 5.71 Å². The molecule has 7 nitrogen and oxygen atoms in total. The molecule has 7 heteroatoms. The zero-order valence-electron chi connectivity index (χ0n) is 10.00. The van der Waals surface area contributed by atoms with Gasteiger partial charge in [-0.25, -0.2) is 4.99 Å². The zero-order chi connectivity index (χ0) is 13.2. The predicted octanol–water partition coefficient (Wildman–Crippen LogP) is -0.0424. The zero-order valence-corrected chi connectivity index (χ0v) is 10.00. The molecule has 1 aliphatic heterocycles. The molecule has 19 heavy (non-hydrogen) atoms. The Hall–Kier alpha value is -2.41. The fourth-order valence-electron chi connectivity index (χ4n) is 1.97. The summed E-state index contributed by atoms with van der Waals surface area (Å²) < 4.78 is 0. The highest BCUT2D eigenvalue weighted by atomic mass is 16.3. The van der Waals surface area contributed by atoms with Gasteiger partial charge >= 0.3 is 0 Å². The minimum Gasteiger partial charge on any atom is -0.396 e. The van der Waals surface area contributed by atoms with Crippen LogP contribution >= 0.6 is 0 Å². The molecule has 1 aromatic carbocycles. The Kier molecular flexibility index (Phi) is 2.88. The van der Waals surface area contributed by atoms with Crippen molar-refractivity contribution in [1.82, 2.24) is 20.7 Å². The van der Waals surface area contributed by atoms with E-state index in [1.54, 1.807) is 6.07 Å². The van der Waals surface area contributed by atoms with E-state index in [9.17, 15) is 4.79 Å². The standard InChI is InChI=1S/C12H11N5O2/c18-6-2-5-13-12(19)11-10-9-7(14-11)3-1-4-8(9)15-17-16-10/h1,3-4,18H,2,5-6H2,(H,13,19). The molecule has 0 aliphatic carbocycles. The van der Waals surface area contributed by atoms with Crippen LogP contribution in [-0.2, 0) is 4.79 Å². The summed E-state index contributed by atoms with van der Waals surface area (Å²) in [5.74, 6) is -0.313. The van der Waals surface area contributed by atoms with Crippen molar-refractivity contribution in [3.8, 4) is 0 Å². The minimum absolute atomic E-state index is 0.0340. The van der Waals surface area contributed by atoms with Gasteiger partial charge in [-0.3, -0.25) is 4.79 Å². The number of nitrogens with zero attached hydrogens (tertiary/aromatic N) is 4. The van der Waals surface area contributed by atoms with Crippen LogP contribution in [0.2, 0.25) is 0 Å². The maximum atomic E-state index is 12.0. The van der Waals surface area contributed by atoms with Crippen molar-refractivity contribution in [2.75, 3.05) is 13.2 Å². The van der Waals surface area contributed by atoms with Gasteiger partial charge in [-0.1, -0.05) is 6.07 Å². The van der Waals surface area contributed by atoms with Crippen LogP contribution in [0.5, 0.6) is 0 Å². The minimum atomic E-state index is -0.313. The van der Waals surface area contributed by atoms with Crippen molar-refractivity contribution in [3.63, 3.8) is 0 Å². The highest BCUT2D eigenvalue weighted by Crippen LogP contribution is 2.32. The molecular weight excluding hydrogens is 246 g/mol. The Bertz CT molecular complexity index is 678. The monoisotopic (exact) mass is 257 g/mol. The molecule has 0 radical (unpaired) electrons. The maximum absolute atomic E-state index is 12.0. The molecule has 1 aromatic heterocycles. The molecule has 2 heterocycles. The number of carbonyl (C=O) groups is 1. The molecule has 96 valence electrons. The third-order valence-electron chi connectivity index (χ3n) is 2.85. The van der Waals surface area contributed by atoms with Crippen molar-refractivity contribution in [2.45, 2.75) is 6.42 Å². The van der Waals surface area contributed by atoms with Gasteiger partial charge in [-0.15, -0.1) is 10.2 Å². The number of aliphatic hydroxyl groups excluding tert-OH is 1. The van der Waals surface area contributed by atoms with Gasteiger partial charge in [0.05, 0.1) is 16.6 Å². The second-order valence-electron chi connectivity index (χ2n) is 4.10. The molecule has 3 rings (SSSR count). The Balaban J connectivity index is 1.95. The molecular formula is C12H11N5O2. The normalized spacial score (nSPS) is 12.6. The van der Waals surface area contributed by atoms with Crippen LogP contribution in [0.1, 0.15) is 12.1 Å². The van der Waals surface area contributed by atoms with Gasteiger partial charge in [-0.2, -0.15) is 0 Å². The van der Waals surface area contributed by atoms with Crippen LogP contribution < -0.4 is 5.32 Å². The average molecular weight is 257 g/mol. The molecule has 0 saturated heterocycles. The quantitative estimate of drug-likeness (QED) is 0.748. The van der Waals surface area contributed by atoms with Crippen molar-refractivity contribution in [3.05, 3.63) is 23.9 Å². The predicted molar refractivity (Wildman–Crippen MR) is 68.2 cm³/mol. The number of hydrogen-bond donors (Lipinski definition) is 2. The number of hydrogen-bond acceptors (Lipinski definition) is 6. The van der Waals surface area contributed by atoms with Crippen LogP contribution in [0, 0.1) is 0 Å². The fourth-order valence-corrected chi connectivity index (χ4v) is 1.97. The lowest BCUT2D eigenvalue weighted by Crippen LogP contribution is -2.32. The van der Waals surface area contributed by atoms with E-state index >= 15 is 0 Å². The number of amides is 1. The molecule has 0 bridgehead atoms. The van der Waals surface area contributed by atoms with Gasteiger partial charge in [0, 0.05) is 13.2 Å². The maximum Gasteiger partial charge on any atom is 0.272 e. The molecule has 2 N–H and O–H groups in total. The molecule has 0 fully saturated rings. The number of carbonyl (C=O) groups excluding carboxylic acids is 1. The number of benzene rings is 1. The van der Waals surface area contributed by atoms with Gasteiger partial charge in [0.25, 0.3) is 5.91 Å². The first kappa shape index (κ1) is 11.7.